The number of morpholine rings is 1. The summed E-state index contributed by atoms with van der Waals surface area (Å²) in [6.07, 6.45) is 1.49. The highest BCUT2D eigenvalue weighted by Gasteiger charge is 2.14. The SMILES string of the molecule is CC#C/C(=N/OC[C@H]1COCCN1)c1ccc2ncnc(Nc3ccc(OCc4cccc(F)c4)c(Cl)c3)c2c1. The third-order valence-electron chi connectivity index (χ3n) is 6.06. The summed E-state index contributed by atoms with van der Waals surface area (Å²) in [5.41, 5.74) is 3.43. The summed E-state index contributed by atoms with van der Waals surface area (Å²) in [5, 5.41) is 12.1. The standard InChI is InChI=1S/C30H27ClFN5O3/c1-2-4-27(37-40-18-24-17-38-12-11-33-24)21-7-9-28-25(14-21)30(35-19-34-28)36-23-8-10-29(26(31)15-23)39-16-20-5-3-6-22(32)13-20/h3,5-10,13-15,19,24,33H,11-12,16-18H2,1H3,(H,34,35,36)/b37-27-/t24-/m1/s1. The molecule has 0 unspecified atom stereocenters. The second kappa shape index (κ2) is 13.2. The van der Waals surface area contributed by atoms with Gasteiger partial charge in [-0.15, -0.1) is 0 Å². The molecule has 0 saturated carbocycles. The quantitative estimate of drug-likeness (QED) is 0.159. The molecular weight excluding hydrogens is 533 g/mol. The van der Waals surface area contributed by atoms with Gasteiger partial charge in [0.05, 0.1) is 29.8 Å². The van der Waals surface area contributed by atoms with Gasteiger partial charge in [0, 0.05) is 23.2 Å². The summed E-state index contributed by atoms with van der Waals surface area (Å²) >= 11 is 6.49. The summed E-state index contributed by atoms with van der Waals surface area (Å²) in [6, 6.07) is 17.4. The molecule has 8 nitrogen and oxygen atoms in total. The summed E-state index contributed by atoms with van der Waals surface area (Å²) in [6.45, 7) is 4.39. The molecule has 5 rings (SSSR count). The minimum absolute atomic E-state index is 0.0825. The van der Waals surface area contributed by atoms with Crippen LogP contribution in [0.5, 0.6) is 5.75 Å². The minimum Gasteiger partial charge on any atom is -0.487 e. The zero-order valence-electron chi connectivity index (χ0n) is 21.8. The molecule has 1 saturated heterocycles. The van der Waals surface area contributed by atoms with Gasteiger partial charge in [-0.05, 0) is 66.9 Å². The van der Waals surface area contributed by atoms with Crippen LogP contribution in [0.4, 0.5) is 15.9 Å². The van der Waals surface area contributed by atoms with Crippen LogP contribution in [0.3, 0.4) is 0 Å². The molecule has 0 spiro atoms. The van der Waals surface area contributed by atoms with E-state index in [0.29, 0.717) is 53.4 Å². The number of nitrogens with zero attached hydrogens (tertiary/aromatic N) is 3. The molecular formula is C30H27ClFN5O3. The zero-order chi connectivity index (χ0) is 27.7. The number of aromatic nitrogens is 2. The van der Waals surface area contributed by atoms with Crippen molar-refractivity contribution in [2.75, 3.05) is 31.7 Å². The Kier molecular flexibility index (Phi) is 9.04. The number of nitrogens with one attached hydrogen (secondary N) is 2. The van der Waals surface area contributed by atoms with Crippen molar-refractivity contribution in [2.45, 2.75) is 19.6 Å². The van der Waals surface area contributed by atoms with E-state index in [1.807, 2.05) is 24.3 Å². The lowest BCUT2D eigenvalue weighted by molar-refractivity contribution is 0.0312. The maximum Gasteiger partial charge on any atom is 0.159 e. The Hall–Kier alpha value is -4.23. The Balaban J connectivity index is 1.33. The Labute approximate surface area is 236 Å². The molecule has 0 amide bonds. The fraction of sp³-hybridized carbons (Fsp3) is 0.233. The normalized spacial score (nSPS) is 15.3. The van der Waals surface area contributed by atoms with E-state index in [-0.39, 0.29) is 18.5 Å². The first-order chi connectivity index (χ1) is 19.6. The lowest BCUT2D eigenvalue weighted by atomic mass is 10.1. The largest absolute Gasteiger partial charge is 0.487 e. The average molecular weight is 560 g/mol. The summed E-state index contributed by atoms with van der Waals surface area (Å²) in [7, 11) is 0. The zero-order valence-corrected chi connectivity index (χ0v) is 22.5. The number of halogens is 2. The van der Waals surface area contributed by atoms with E-state index in [0.717, 1.165) is 23.0 Å². The molecule has 1 aromatic heterocycles. The molecule has 0 aliphatic carbocycles. The van der Waals surface area contributed by atoms with Crippen molar-refractivity contribution in [1.29, 1.82) is 0 Å². The maximum absolute atomic E-state index is 13.4. The molecule has 2 heterocycles. The molecule has 10 heteroatoms. The Morgan fingerprint density at radius 1 is 1.20 bits per heavy atom. The van der Waals surface area contributed by atoms with Crippen molar-refractivity contribution in [1.82, 2.24) is 15.3 Å². The summed E-state index contributed by atoms with van der Waals surface area (Å²) < 4.78 is 24.7. The van der Waals surface area contributed by atoms with E-state index in [2.05, 4.69) is 37.6 Å². The predicted octanol–water partition coefficient (Wildman–Crippen LogP) is 5.48. The third-order valence-corrected chi connectivity index (χ3v) is 6.36. The van der Waals surface area contributed by atoms with E-state index in [4.69, 9.17) is 25.9 Å². The fourth-order valence-corrected chi connectivity index (χ4v) is 4.34. The van der Waals surface area contributed by atoms with Gasteiger partial charge in [-0.3, -0.25) is 0 Å². The van der Waals surface area contributed by atoms with E-state index in [1.54, 1.807) is 31.2 Å². The van der Waals surface area contributed by atoms with Crippen LogP contribution >= 0.6 is 11.6 Å². The Bertz CT molecular complexity index is 1580. The number of fused-ring (bicyclic) bond motifs is 1. The summed E-state index contributed by atoms with van der Waals surface area (Å²) in [4.78, 5) is 14.4. The van der Waals surface area contributed by atoms with Crippen LogP contribution in [-0.2, 0) is 16.2 Å². The molecule has 1 fully saturated rings. The van der Waals surface area contributed by atoms with Gasteiger partial charge in [0.2, 0.25) is 0 Å². The van der Waals surface area contributed by atoms with Crippen LogP contribution in [-0.4, -0.2) is 48.1 Å². The number of rotatable bonds is 9. The second-order valence-electron chi connectivity index (χ2n) is 8.98. The van der Waals surface area contributed by atoms with Crippen molar-refractivity contribution < 1.29 is 18.7 Å². The number of hydrogen-bond acceptors (Lipinski definition) is 8. The first kappa shape index (κ1) is 27.3. The third kappa shape index (κ3) is 7.04. The average Bonchev–Trinajstić information content (AvgIpc) is 2.97. The monoisotopic (exact) mass is 559 g/mol. The Morgan fingerprint density at radius 3 is 2.92 bits per heavy atom. The van der Waals surface area contributed by atoms with Gasteiger partial charge in [-0.25, -0.2) is 14.4 Å². The lowest BCUT2D eigenvalue weighted by Gasteiger charge is -2.22. The van der Waals surface area contributed by atoms with E-state index < -0.39 is 0 Å². The first-order valence-corrected chi connectivity index (χ1v) is 13.1. The van der Waals surface area contributed by atoms with Crippen LogP contribution in [0.25, 0.3) is 10.9 Å². The van der Waals surface area contributed by atoms with E-state index >= 15 is 0 Å². The highest BCUT2D eigenvalue weighted by Crippen LogP contribution is 2.31. The number of hydrogen-bond donors (Lipinski definition) is 2. The van der Waals surface area contributed by atoms with Crippen LogP contribution < -0.4 is 15.4 Å². The van der Waals surface area contributed by atoms with Crippen molar-refractivity contribution in [3.63, 3.8) is 0 Å². The van der Waals surface area contributed by atoms with Crippen molar-refractivity contribution in [3.8, 4) is 17.6 Å². The molecule has 1 aliphatic heterocycles. The molecule has 0 bridgehead atoms. The van der Waals surface area contributed by atoms with Gasteiger partial charge in [-0.1, -0.05) is 34.8 Å². The van der Waals surface area contributed by atoms with Gasteiger partial charge < -0.3 is 24.9 Å². The van der Waals surface area contributed by atoms with Crippen molar-refractivity contribution >= 4 is 39.7 Å². The number of oxime groups is 1. The van der Waals surface area contributed by atoms with Gasteiger partial charge in [0.25, 0.3) is 0 Å². The number of benzene rings is 3. The van der Waals surface area contributed by atoms with Gasteiger partial charge in [0.15, 0.2) is 5.71 Å². The first-order valence-electron chi connectivity index (χ1n) is 12.7. The smallest absolute Gasteiger partial charge is 0.159 e. The predicted molar refractivity (Wildman–Crippen MR) is 154 cm³/mol. The van der Waals surface area contributed by atoms with Crippen LogP contribution in [0.1, 0.15) is 18.1 Å². The second-order valence-corrected chi connectivity index (χ2v) is 9.39. The van der Waals surface area contributed by atoms with Crippen molar-refractivity contribution in [2.24, 2.45) is 5.16 Å². The highest BCUT2D eigenvalue weighted by atomic mass is 35.5. The number of ether oxygens (including phenoxy) is 2. The minimum atomic E-state index is -0.313. The van der Waals surface area contributed by atoms with Crippen LogP contribution in [0.15, 0.2) is 72.1 Å². The maximum atomic E-state index is 13.4. The van der Waals surface area contributed by atoms with Gasteiger partial charge in [0.1, 0.15) is 36.9 Å². The van der Waals surface area contributed by atoms with Crippen LogP contribution in [0, 0.1) is 17.7 Å². The molecule has 40 heavy (non-hydrogen) atoms. The molecule has 4 aromatic rings. The van der Waals surface area contributed by atoms with Gasteiger partial charge >= 0.3 is 0 Å². The molecule has 1 aliphatic rings. The van der Waals surface area contributed by atoms with Crippen LogP contribution in [0.2, 0.25) is 5.02 Å². The molecule has 204 valence electrons. The summed E-state index contributed by atoms with van der Waals surface area (Å²) in [5.74, 6) is 6.68. The van der Waals surface area contributed by atoms with E-state index in [1.165, 1.54) is 18.5 Å². The number of anilines is 2. The fourth-order valence-electron chi connectivity index (χ4n) is 4.11. The van der Waals surface area contributed by atoms with Gasteiger partial charge in [-0.2, -0.15) is 0 Å². The topological polar surface area (TPSA) is 89.9 Å². The lowest BCUT2D eigenvalue weighted by Crippen LogP contribution is -2.43. The van der Waals surface area contributed by atoms with Crippen molar-refractivity contribution in [3.05, 3.63) is 89.0 Å². The molecule has 1 atom stereocenters. The highest BCUT2D eigenvalue weighted by molar-refractivity contribution is 6.32. The molecule has 0 radical (unpaired) electrons. The Morgan fingerprint density at radius 2 is 2.12 bits per heavy atom. The molecule has 2 N–H and O–H groups in total. The van der Waals surface area contributed by atoms with E-state index in [9.17, 15) is 4.39 Å². The molecule has 3 aromatic carbocycles.